The lowest BCUT2D eigenvalue weighted by Gasteiger charge is -2.24. The van der Waals surface area contributed by atoms with Crippen LogP contribution in [0, 0.1) is 0 Å². The zero-order chi connectivity index (χ0) is 28.4. The largest absolute Gasteiger partial charge is 0.480 e. The maximum Gasteiger partial charge on any atom is 0.326 e. The van der Waals surface area contributed by atoms with Crippen LogP contribution in [0.5, 0.6) is 0 Å². The Morgan fingerprint density at radius 1 is 0.718 bits per heavy atom. The molecule has 0 aliphatic heterocycles. The number of rotatable bonds is 15. The Balaban J connectivity index is 1.73. The molecule has 3 rings (SSSR count). The van der Waals surface area contributed by atoms with Crippen LogP contribution in [0.2, 0.25) is 0 Å². The van der Waals surface area contributed by atoms with Crippen LogP contribution in [0.15, 0.2) is 37.6 Å². The standard InChI is InChI=1S/C22H29N11O6/c23-14(1-11-5-25-8-28-11)19(35)31-16(4-18(24)34)21(37)32-15(2-12-6-26-9-29-12)20(36)33-17(22(38)39)3-13-7-27-10-30-13/h5-10,14-17H,1-4,23H2,(H2,24,34)(H,25,28)(H,26,29)(H,27,30)(H,31,35)(H,32,37)(H,33,36)(H,38,39). The molecule has 0 radical (unpaired) electrons. The van der Waals surface area contributed by atoms with E-state index in [-0.39, 0.29) is 19.3 Å². The number of carbonyl (C=O) groups excluding carboxylic acids is 4. The number of nitrogens with one attached hydrogen (secondary N) is 6. The molecular weight excluding hydrogens is 514 g/mol. The summed E-state index contributed by atoms with van der Waals surface area (Å²) in [5.41, 5.74) is 12.7. The topological polar surface area (TPSA) is 280 Å². The van der Waals surface area contributed by atoms with Crippen LogP contribution >= 0.6 is 0 Å². The van der Waals surface area contributed by atoms with Gasteiger partial charge in [0.05, 0.1) is 31.4 Å². The van der Waals surface area contributed by atoms with E-state index in [0.717, 1.165) is 0 Å². The number of hydrogen-bond acceptors (Lipinski definition) is 9. The molecule has 0 aliphatic rings. The lowest BCUT2D eigenvalue weighted by Crippen LogP contribution is -2.58. The first-order chi connectivity index (χ1) is 18.6. The van der Waals surface area contributed by atoms with Gasteiger partial charge in [0.25, 0.3) is 0 Å². The van der Waals surface area contributed by atoms with Crippen molar-refractivity contribution in [2.24, 2.45) is 11.5 Å². The third-order valence-corrected chi connectivity index (χ3v) is 5.58. The second-order valence-electron chi connectivity index (χ2n) is 8.64. The number of primary amides is 1. The van der Waals surface area contributed by atoms with Crippen molar-refractivity contribution in [2.45, 2.75) is 49.9 Å². The summed E-state index contributed by atoms with van der Waals surface area (Å²) in [4.78, 5) is 82.3. The average molecular weight is 544 g/mol. The van der Waals surface area contributed by atoms with Crippen molar-refractivity contribution in [3.05, 3.63) is 54.7 Å². The van der Waals surface area contributed by atoms with Gasteiger partial charge in [-0.15, -0.1) is 0 Å². The van der Waals surface area contributed by atoms with Crippen molar-refractivity contribution in [3.8, 4) is 0 Å². The van der Waals surface area contributed by atoms with Gasteiger partial charge in [0.2, 0.25) is 23.6 Å². The predicted molar refractivity (Wildman–Crippen MR) is 132 cm³/mol. The highest BCUT2D eigenvalue weighted by Gasteiger charge is 2.32. The molecule has 4 atom stereocenters. The molecule has 0 spiro atoms. The van der Waals surface area contributed by atoms with E-state index in [2.05, 4.69) is 45.9 Å². The molecular formula is C22H29N11O6. The lowest BCUT2D eigenvalue weighted by molar-refractivity contribution is -0.142. The highest BCUT2D eigenvalue weighted by molar-refractivity contribution is 5.96. The summed E-state index contributed by atoms with van der Waals surface area (Å²) in [5.74, 6) is -4.68. The number of H-pyrrole nitrogens is 3. The van der Waals surface area contributed by atoms with Crippen LogP contribution in [0.1, 0.15) is 23.5 Å². The second-order valence-corrected chi connectivity index (χ2v) is 8.64. The highest BCUT2D eigenvalue weighted by Crippen LogP contribution is 2.05. The molecule has 208 valence electrons. The number of nitrogens with two attached hydrogens (primary N) is 2. The summed E-state index contributed by atoms with van der Waals surface area (Å²) in [5, 5.41) is 16.8. The van der Waals surface area contributed by atoms with Crippen LogP contribution in [-0.2, 0) is 43.2 Å². The first-order valence-electron chi connectivity index (χ1n) is 11.7. The number of nitrogens with zero attached hydrogens (tertiary/aromatic N) is 3. The number of hydrogen-bond donors (Lipinski definition) is 9. The molecule has 11 N–H and O–H groups in total. The minimum Gasteiger partial charge on any atom is -0.480 e. The van der Waals surface area contributed by atoms with Crippen LogP contribution in [0.3, 0.4) is 0 Å². The monoisotopic (exact) mass is 543 g/mol. The number of aliphatic carboxylic acids is 1. The van der Waals surface area contributed by atoms with Crippen molar-refractivity contribution in [2.75, 3.05) is 0 Å². The Kier molecular flexibility index (Phi) is 9.85. The SMILES string of the molecule is NC(=O)CC(NC(=O)C(N)Cc1cnc[nH]1)C(=O)NC(Cc1cnc[nH]1)C(=O)NC(Cc1cnc[nH]1)C(=O)O. The summed E-state index contributed by atoms with van der Waals surface area (Å²) in [7, 11) is 0. The molecule has 0 bridgehead atoms. The van der Waals surface area contributed by atoms with E-state index in [0.29, 0.717) is 17.1 Å². The maximum absolute atomic E-state index is 13.1. The minimum atomic E-state index is -1.46. The Morgan fingerprint density at radius 3 is 1.62 bits per heavy atom. The van der Waals surface area contributed by atoms with Crippen molar-refractivity contribution in [3.63, 3.8) is 0 Å². The fourth-order valence-electron chi connectivity index (χ4n) is 3.60. The van der Waals surface area contributed by atoms with Crippen LogP contribution in [-0.4, -0.2) is 88.8 Å². The van der Waals surface area contributed by atoms with Gasteiger partial charge in [-0.1, -0.05) is 0 Å². The smallest absolute Gasteiger partial charge is 0.326 e. The molecule has 0 aliphatic carbocycles. The Labute approximate surface area is 221 Å². The number of aromatic nitrogens is 6. The molecule has 0 aromatic carbocycles. The third-order valence-electron chi connectivity index (χ3n) is 5.58. The summed E-state index contributed by atoms with van der Waals surface area (Å²) >= 11 is 0. The third kappa shape index (κ3) is 8.78. The van der Waals surface area contributed by atoms with Crippen molar-refractivity contribution in [1.82, 2.24) is 45.9 Å². The van der Waals surface area contributed by atoms with Gasteiger partial charge in [0.15, 0.2) is 0 Å². The molecule has 3 aromatic rings. The van der Waals surface area contributed by atoms with Crippen molar-refractivity contribution < 1.29 is 29.1 Å². The first kappa shape index (κ1) is 28.5. The average Bonchev–Trinajstić information content (AvgIpc) is 3.66. The van der Waals surface area contributed by atoms with E-state index in [1.54, 1.807) is 0 Å². The molecule has 39 heavy (non-hydrogen) atoms. The highest BCUT2D eigenvalue weighted by atomic mass is 16.4. The summed E-state index contributed by atoms with van der Waals surface area (Å²) < 4.78 is 0. The summed E-state index contributed by atoms with van der Waals surface area (Å²) in [6, 6.07) is -5.20. The van der Waals surface area contributed by atoms with Crippen LogP contribution in [0.25, 0.3) is 0 Å². The molecule has 3 aromatic heterocycles. The molecule has 17 heteroatoms. The molecule has 4 amide bonds. The number of aromatic amines is 3. The number of carboxylic acid groups (broad SMARTS) is 1. The normalized spacial score (nSPS) is 14.0. The minimum absolute atomic E-state index is 0.0779. The zero-order valence-electron chi connectivity index (χ0n) is 20.6. The summed E-state index contributed by atoms with van der Waals surface area (Å²) in [6.45, 7) is 0. The van der Waals surface area contributed by atoms with Gasteiger partial charge < -0.3 is 47.5 Å². The molecule has 0 saturated heterocycles. The van der Waals surface area contributed by atoms with Gasteiger partial charge in [0, 0.05) is 54.9 Å². The van der Waals surface area contributed by atoms with Gasteiger partial charge in [0.1, 0.15) is 18.1 Å². The zero-order valence-corrected chi connectivity index (χ0v) is 20.6. The predicted octanol–water partition coefficient (Wildman–Crippen LogP) is -3.37. The lowest BCUT2D eigenvalue weighted by atomic mass is 10.1. The Hall–Kier alpha value is -5.06. The Morgan fingerprint density at radius 2 is 1.15 bits per heavy atom. The van der Waals surface area contributed by atoms with Crippen LogP contribution in [0.4, 0.5) is 0 Å². The molecule has 4 unspecified atom stereocenters. The van der Waals surface area contributed by atoms with Gasteiger partial charge in [-0.05, 0) is 0 Å². The van der Waals surface area contributed by atoms with E-state index in [1.165, 1.54) is 37.6 Å². The first-order valence-corrected chi connectivity index (χ1v) is 11.7. The van der Waals surface area contributed by atoms with E-state index in [1.807, 2.05) is 0 Å². The van der Waals surface area contributed by atoms with Gasteiger partial charge in [-0.25, -0.2) is 19.7 Å². The van der Waals surface area contributed by atoms with E-state index in [9.17, 15) is 29.1 Å². The molecule has 0 saturated carbocycles. The van der Waals surface area contributed by atoms with Crippen molar-refractivity contribution in [1.29, 1.82) is 0 Å². The number of amides is 4. The van der Waals surface area contributed by atoms with E-state index in [4.69, 9.17) is 11.5 Å². The van der Waals surface area contributed by atoms with Crippen molar-refractivity contribution >= 4 is 29.6 Å². The van der Waals surface area contributed by atoms with Gasteiger partial charge >= 0.3 is 5.97 Å². The Bertz CT molecular complexity index is 1240. The fraction of sp³-hybridized carbons (Fsp3) is 0.364. The number of carbonyl (C=O) groups is 5. The summed E-state index contributed by atoms with van der Waals surface area (Å²) in [6.07, 6.45) is 7.76. The quantitative estimate of drug-likeness (QED) is 0.0916. The van der Waals surface area contributed by atoms with Gasteiger partial charge in [-0.3, -0.25) is 19.2 Å². The number of imidazole rings is 3. The van der Waals surface area contributed by atoms with E-state index < -0.39 is 60.2 Å². The second kappa shape index (κ2) is 13.5. The number of carboxylic acids is 1. The molecule has 17 nitrogen and oxygen atoms in total. The van der Waals surface area contributed by atoms with Gasteiger partial charge in [-0.2, -0.15) is 0 Å². The molecule has 3 heterocycles. The fourth-order valence-corrected chi connectivity index (χ4v) is 3.60. The van der Waals surface area contributed by atoms with E-state index >= 15 is 0 Å². The molecule has 0 fully saturated rings. The maximum atomic E-state index is 13.1. The van der Waals surface area contributed by atoms with Crippen LogP contribution < -0.4 is 27.4 Å².